The Morgan fingerprint density at radius 3 is 2.65 bits per heavy atom. The van der Waals surface area contributed by atoms with Crippen molar-refractivity contribution in [3.05, 3.63) is 0 Å². The monoisotopic (exact) mass is 390 g/mol. The predicted octanol–water partition coefficient (Wildman–Crippen LogP) is 0.503. The number of aliphatic imine (C=N–C) groups is 1. The van der Waals surface area contributed by atoms with E-state index in [1.165, 1.54) is 10.6 Å². The first-order valence-corrected chi connectivity index (χ1v) is 11.5. The number of hydrogen-bond donors (Lipinski definition) is 1. The third-order valence-electron chi connectivity index (χ3n) is 4.76. The first-order chi connectivity index (χ1) is 12.5. The van der Waals surface area contributed by atoms with Crippen LogP contribution in [0.5, 0.6) is 0 Å². The van der Waals surface area contributed by atoms with Crippen molar-refractivity contribution in [2.24, 2.45) is 4.99 Å². The third kappa shape index (κ3) is 6.37. The molecule has 2 atom stereocenters. The van der Waals surface area contributed by atoms with Crippen LogP contribution in [0.1, 0.15) is 33.1 Å². The molecule has 8 nitrogen and oxygen atoms in total. The van der Waals surface area contributed by atoms with E-state index in [0.29, 0.717) is 32.7 Å². The molecule has 2 aliphatic heterocycles. The minimum atomic E-state index is -3.13. The molecule has 0 aromatic heterocycles. The summed E-state index contributed by atoms with van der Waals surface area (Å²) in [7, 11) is -3.13. The molecular weight excluding hydrogens is 356 g/mol. The lowest BCUT2D eigenvalue weighted by molar-refractivity contribution is -0.0817. The first-order valence-electron chi connectivity index (χ1n) is 9.67. The molecule has 9 heteroatoms. The molecule has 152 valence electrons. The van der Waals surface area contributed by atoms with Crippen LogP contribution in [-0.4, -0.2) is 94.5 Å². The maximum absolute atomic E-state index is 11.6. The predicted molar refractivity (Wildman–Crippen MR) is 103 cm³/mol. The van der Waals surface area contributed by atoms with Gasteiger partial charge in [-0.1, -0.05) is 6.92 Å². The molecule has 0 aromatic rings. The molecule has 0 amide bonds. The Morgan fingerprint density at radius 2 is 2.04 bits per heavy atom. The number of ether oxygens (including phenoxy) is 2. The van der Waals surface area contributed by atoms with Gasteiger partial charge in [-0.3, -0.25) is 4.99 Å². The van der Waals surface area contributed by atoms with Crippen LogP contribution in [0.3, 0.4) is 0 Å². The zero-order valence-electron chi connectivity index (χ0n) is 16.3. The van der Waals surface area contributed by atoms with Gasteiger partial charge in [-0.25, -0.2) is 12.7 Å². The summed E-state index contributed by atoms with van der Waals surface area (Å²) < 4.78 is 36.5. The van der Waals surface area contributed by atoms with E-state index in [-0.39, 0.29) is 12.2 Å². The second-order valence-electron chi connectivity index (χ2n) is 6.75. The molecule has 26 heavy (non-hydrogen) atoms. The van der Waals surface area contributed by atoms with Crippen LogP contribution in [0.4, 0.5) is 0 Å². The van der Waals surface area contributed by atoms with Crippen molar-refractivity contribution in [3.63, 3.8) is 0 Å². The number of hydrogen-bond acceptors (Lipinski definition) is 5. The molecule has 0 aliphatic carbocycles. The fraction of sp³-hybridized carbons (Fsp3) is 0.941. The van der Waals surface area contributed by atoms with Gasteiger partial charge in [0.05, 0.1) is 19.0 Å². The Hall–Kier alpha value is -0.900. The summed E-state index contributed by atoms with van der Waals surface area (Å²) in [5.74, 6) is 0.876. The second-order valence-corrected chi connectivity index (χ2v) is 8.73. The van der Waals surface area contributed by atoms with Crippen LogP contribution in [0.2, 0.25) is 0 Å². The maximum atomic E-state index is 11.6. The Bertz CT molecular complexity index is 549. The van der Waals surface area contributed by atoms with Crippen LogP contribution >= 0.6 is 0 Å². The van der Waals surface area contributed by atoms with E-state index in [4.69, 9.17) is 14.5 Å². The van der Waals surface area contributed by atoms with E-state index in [1.54, 1.807) is 0 Å². The lowest BCUT2D eigenvalue weighted by atomic mass is 10.1. The highest BCUT2D eigenvalue weighted by atomic mass is 32.2. The number of sulfonamides is 1. The fourth-order valence-corrected chi connectivity index (χ4v) is 4.33. The second kappa shape index (κ2) is 10.4. The highest BCUT2D eigenvalue weighted by Crippen LogP contribution is 2.21. The van der Waals surface area contributed by atoms with Gasteiger partial charge in [-0.2, -0.15) is 0 Å². The topological polar surface area (TPSA) is 83.5 Å². The highest BCUT2D eigenvalue weighted by molar-refractivity contribution is 7.88. The molecule has 2 unspecified atom stereocenters. The molecule has 2 aliphatic rings. The van der Waals surface area contributed by atoms with Gasteiger partial charge in [0, 0.05) is 45.9 Å². The summed E-state index contributed by atoms with van der Waals surface area (Å²) in [4.78, 5) is 6.93. The average Bonchev–Trinajstić information content (AvgIpc) is 3.14. The van der Waals surface area contributed by atoms with Gasteiger partial charge in [0.2, 0.25) is 10.0 Å². The molecule has 0 aromatic carbocycles. The Labute approximate surface area is 158 Å². The molecule has 2 rings (SSSR count). The summed E-state index contributed by atoms with van der Waals surface area (Å²) in [5.41, 5.74) is 0. The van der Waals surface area contributed by atoms with E-state index >= 15 is 0 Å². The summed E-state index contributed by atoms with van der Waals surface area (Å²) in [6.07, 6.45) is 4.40. The third-order valence-corrected chi connectivity index (χ3v) is 6.14. The maximum Gasteiger partial charge on any atom is 0.211 e. The largest absolute Gasteiger partial charge is 0.375 e. The Morgan fingerprint density at radius 1 is 1.27 bits per heavy atom. The Kier molecular flexibility index (Phi) is 8.59. The lowest BCUT2D eigenvalue weighted by Crippen LogP contribution is -2.53. The minimum Gasteiger partial charge on any atom is -0.375 e. The zero-order chi connectivity index (χ0) is 19.0. The molecular formula is C17H34N4O4S. The number of nitrogens with one attached hydrogen (secondary N) is 1. The van der Waals surface area contributed by atoms with Gasteiger partial charge >= 0.3 is 0 Å². The van der Waals surface area contributed by atoms with Crippen molar-refractivity contribution in [2.45, 2.75) is 45.3 Å². The Balaban J connectivity index is 1.88. The first kappa shape index (κ1) is 21.4. The van der Waals surface area contributed by atoms with Crippen molar-refractivity contribution < 1.29 is 17.9 Å². The molecule has 0 radical (unpaired) electrons. The minimum absolute atomic E-state index is 0.0934. The van der Waals surface area contributed by atoms with E-state index in [1.807, 2.05) is 6.92 Å². The van der Waals surface area contributed by atoms with Gasteiger partial charge in [0.25, 0.3) is 0 Å². The van der Waals surface area contributed by atoms with Crippen molar-refractivity contribution in [1.82, 2.24) is 14.5 Å². The smallest absolute Gasteiger partial charge is 0.211 e. The summed E-state index contributed by atoms with van der Waals surface area (Å²) >= 11 is 0. The van der Waals surface area contributed by atoms with Crippen LogP contribution in [0, 0.1) is 0 Å². The normalized spacial score (nSPS) is 25.1. The molecule has 0 saturated carbocycles. The van der Waals surface area contributed by atoms with Gasteiger partial charge in [-0.05, 0) is 26.2 Å². The number of rotatable bonds is 8. The van der Waals surface area contributed by atoms with Crippen molar-refractivity contribution in [3.8, 4) is 0 Å². The molecule has 0 spiro atoms. The summed E-state index contributed by atoms with van der Waals surface area (Å²) in [6.45, 7) is 9.37. The molecule has 2 saturated heterocycles. The number of nitrogens with zero attached hydrogens (tertiary/aromatic N) is 3. The van der Waals surface area contributed by atoms with Crippen LogP contribution in [0.15, 0.2) is 4.99 Å². The van der Waals surface area contributed by atoms with Gasteiger partial charge in [-0.15, -0.1) is 0 Å². The highest BCUT2D eigenvalue weighted by Gasteiger charge is 2.32. The van der Waals surface area contributed by atoms with Crippen LogP contribution < -0.4 is 5.32 Å². The molecule has 0 bridgehead atoms. The molecule has 2 heterocycles. The van der Waals surface area contributed by atoms with Crippen LogP contribution in [-0.2, 0) is 19.5 Å². The van der Waals surface area contributed by atoms with E-state index in [0.717, 1.165) is 45.0 Å². The van der Waals surface area contributed by atoms with Gasteiger partial charge in [0.1, 0.15) is 6.10 Å². The van der Waals surface area contributed by atoms with E-state index < -0.39 is 10.0 Å². The van der Waals surface area contributed by atoms with Crippen molar-refractivity contribution in [1.29, 1.82) is 0 Å². The summed E-state index contributed by atoms with van der Waals surface area (Å²) in [6, 6.07) is 0. The quantitative estimate of drug-likeness (QED) is 0.369. The van der Waals surface area contributed by atoms with Crippen molar-refractivity contribution in [2.75, 3.05) is 58.7 Å². The average molecular weight is 391 g/mol. The number of morpholine rings is 1. The van der Waals surface area contributed by atoms with Gasteiger partial charge < -0.3 is 19.7 Å². The zero-order valence-corrected chi connectivity index (χ0v) is 17.1. The van der Waals surface area contributed by atoms with Gasteiger partial charge in [0.15, 0.2) is 5.96 Å². The summed E-state index contributed by atoms with van der Waals surface area (Å²) in [5, 5.41) is 3.34. The standard InChI is InChI=1S/C17H34N4O4S/c1-4-18-17(19-9-7-10-21(5-2)26(3,22)23)20-11-13-25-16(14-20)15-8-6-12-24-15/h15-16H,4-14H2,1-3H3,(H,18,19). The number of guanidine groups is 1. The van der Waals surface area contributed by atoms with E-state index in [9.17, 15) is 8.42 Å². The van der Waals surface area contributed by atoms with Crippen molar-refractivity contribution >= 4 is 16.0 Å². The fourth-order valence-electron chi connectivity index (χ4n) is 3.40. The lowest BCUT2D eigenvalue weighted by Gasteiger charge is -2.37. The molecule has 1 N–H and O–H groups in total. The molecule has 2 fully saturated rings. The van der Waals surface area contributed by atoms with E-state index in [2.05, 4.69) is 17.1 Å². The van der Waals surface area contributed by atoms with Crippen LogP contribution in [0.25, 0.3) is 0 Å². The SMILES string of the molecule is CCNC(=NCCCN(CC)S(C)(=O)=O)N1CCOC(C2CCCO2)C1.